The maximum atomic E-state index is 13.8. The molecule has 0 aliphatic heterocycles. The van der Waals surface area contributed by atoms with Crippen molar-refractivity contribution < 1.29 is 43.9 Å². The molecule has 0 saturated heterocycles. The Bertz CT molecular complexity index is 630. The van der Waals surface area contributed by atoms with Crippen LogP contribution >= 0.6 is 11.6 Å². The molecular formula is C12H3ClF10. The van der Waals surface area contributed by atoms with Crippen LogP contribution in [0.1, 0.15) is 16.7 Å². The van der Waals surface area contributed by atoms with Crippen molar-refractivity contribution in [3.05, 3.63) is 33.8 Å². The average molecular weight is 373 g/mol. The molecule has 0 aromatic heterocycles. The lowest BCUT2D eigenvalue weighted by molar-refractivity contribution is -0.348. The number of hydrogen-bond acceptors (Lipinski definition) is 0. The first-order valence-corrected chi connectivity index (χ1v) is 5.65. The minimum absolute atomic E-state index is 0.229. The number of halogens is 11. The van der Waals surface area contributed by atoms with Crippen LogP contribution < -0.4 is 0 Å². The molecule has 0 N–H and O–H groups in total. The fourth-order valence-electron chi connectivity index (χ4n) is 1.66. The predicted octanol–water partition coefficient (Wildman–Crippen LogP) is 5.63. The molecule has 11 heteroatoms. The van der Waals surface area contributed by atoms with Crippen molar-refractivity contribution in [2.45, 2.75) is 24.2 Å². The van der Waals surface area contributed by atoms with Crippen LogP contribution in [0.3, 0.4) is 0 Å². The van der Waals surface area contributed by atoms with Crippen molar-refractivity contribution in [1.82, 2.24) is 0 Å². The molecule has 1 rings (SSSR count). The van der Waals surface area contributed by atoms with E-state index in [2.05, 4.69) is 0 Å². The second kappa shape index (κ2) is 5.47. The molecule has 0 aliphatic carbocycles. The molecule has 0 atom stereocenters. The van der Waals surface area contributed by atoms with E-state index in [9.17, 15) is 43.9 Å². The van der Waals surface area contributed by atoms with Crippen molar-refractivity contribution in [1.29, 1.82) is 0 Å². The van der Waals surface area contributed by atoms with Gasteiger partial charge >= 0.3 is 24.2 Å². The Labute approximate surface area is 127 Å². The first-order valence-electron chi connectivity index (χ1n) is 5.27. The van der Waals surface area contributed by atoms with E-state index >= 15 is 0 Å². The molecule has 0 saturated carbocycles. The Morgan fingerprint density at radius 1 is 0.826 bits per heavy atom. The Morgan fingerprint density at radius 3 is 1.57 bits per heavy atom. The van der Waals surface area contributed by atoms with Gasteiger partial charge in [0.25, 0.3) is 0 Å². The number of alkyl halides is 10. The molecule has 0 radical (unpaired) electrons. The van der Waals surface area contributed by atoms with Crippen molar-refractivity contribution in [3.63, 3.8) is 0 Å². The summed E-state index contributed by atoms with van der Waals surface area (Å²) in [6, 6.07) is -0.880. The summed E-state index contributed by atoms with van der Waals surface area (Å²) in [6.45, 7) is 0. The molecule has 0 amide bonds. The van der Waals surface area contributed by atoms with Gasteiger partial charge in [0.2, 0.25) is 0 Å². The Balaban J connectivity index is 3.86. The van der Waals surface area contributed by atoms with E-state index in [4.69, 9.17) is 18.0 Å². The lowest BCUT2D eigenvalue weighted by Crippen LogP contribution is -2.50. The zero-order valence-corrected chi connectivity index (χ0v) is 11.1. The maximum absolute atomic E-state index is 13.8. The molecule has 1 aromatic carbocycles. The summed E-state index contributed by atoms with van der Waals surface area (Å²) in [6.07, 6.45) is -13.9. The average Bonchev–Trinajstić information content (AvgIpc) is 2.32. The standard InChI is InChI=1S/C12H3ClF10/c1-2-6-7(10(15,16)17)3-5(4-8(6)13)9(14,11(18,19)20)12(21,22)23/h1,3-4H. The van der Waals surface area contributed by atoms with Crippen LogP contribution in [0, 0.1) is 12.3 Å². The maximum Gasteiger partial charge on any atom is 0.435 e. The van der Waals surface area contributed by atoms with Crippen molar-refractivity contribution in [3.8, 4) is 12.3 Å². The lowest BCUT2D eigenvalue weighted by atomic mass is 9.90. The Morgan fingerprint density at radius 2 is 1.26 bits per heavy atom. The van der Waals surface area contributed by atoms with Crippen LogP contribution in [0.15, 0.2) is 12.1 Å². The highest BCUT2D eigenvalue weighted by Crippen LogP contribution is 2.54. The van der Waals surface area contributed by atoms with Gasteiger partial charge in [0.05, 0.1) is 16.1 Å². The molecule has 0 heterocycles. The highest BCUT2D eigenvalue weighted by Gasteiger charge is 2.73. The zero-order valence-electron chi connectivity index (χ0n) is 10.4. The molecule has 0 nitrogen and oxygen atoms in total. The molecule has 1 aromatic rings. The summed E-state index contributed by atoms with van der Waals surface area (Å²) >= 11 is 5.20. The SMILES string of the molecule is C#Cc1c(Cl)cc(C(F)(C(F)(F)F)C(F)(F)F)cc1C(F)(F)F. The van der Waals surface area contributed by atoms with Crippen LogP contribution in [-0.4, -0.2) is 12.4 Å². The fourth-order valence-corrected chi connectivity index (χ4v) is 1.94. The smallest absolute Gasteiger partial charge is 0.218 e. The van der Waals surface area contributed by atoms with Crippen LogP contribution in [-0.2, 0) is 11.8 Å². The van der Waals surface area contributed by atoms with E-state index in [-0.39, 0.29) is 6.07 Å². The molecule has 0 aliphatic rings. The summed E-state index contributed by atoms with van der Waals surface area (Å²) in [5, 5.41) is -1.27. The van der Waals surface area contributed by atoms with Gasteiger partial charge in [-0.3, -0.25) is 0 Å². The molecule has 0 fully saturated rings. The Hall–Kier alpha value is -1.63. The van der Waals surface area contributed by atoms with Crippen LogP contribution in [0.25, 0.3) is 0 Å². The van der Waals surface area contributed by atoms with Gasteiger partial charge in [0.1, 0.15) is 0 Å². The van der Waals surface area contributed by atoms with Gasteiger partial charge in [-0.15, -0.1) is 6.42 Å². The van der Waals surface area contributed by atoms with Crippen molar-refractivity contribution in [2.75, 3.05) is 0 Å². The lowest BCUT2D eigenvalue weighted by Gasteiger charge is -2.31. The third-order valence-electron chi connectivity index (χ3n) is 2.72. The summed E-state index contributed by atoms with van der Waals surface area (Å²) in [5.41, 5.74) is -11.7. The van der Waals surface area contributed by atoms with Gasteiger partial charge in [0.15, 0.2) is 0 Å². The van der Waals surface area contributed by atoms with Crippen LogP contribution in [0.2, 0.25) is 5.02 Å². The zero-order chi connectivity index (χ0) is 18.4. The first-order chi connectivity index (χ1) is 10.1. The van der Waals surface area contributed by atoms with E-state index in [0.717, 1.165) is 0 Å². The molecule has 23 heavy (non-hydrogen) atoms. The van der Waals surface area contributed by atoms with Crippen molar-refractivity contribution >= 4 is 11.6 Å². The third kappa shape index (κ3) is 3.20. The van der Waals surface area contributed by atoms with Crippen LogP contribution in [0.5, 0.6) is 0 Å². The van der Waals surface area contributed by atoms with Crippen molar-refractivity contribution in [2.24, 2.45) is 0 Å². The van der Waals surface area contributed by atoms with E-state index < -0.39 is 52.0 Å². The Kier molecular flexibility index (Phi) is 4.62. The van der Waals surface area contributed by atoms with Gasteiger partial charge in [-0.2, -0.15) is 39.5 Å². The van der Waals surface area contributed by atoms with Gasteiger partial charge < -0.3 is 0 Å². The number of rotatable bonds is 1. The number of hydrogen-bond donors (Lipinski definition) is 0. The van der Waals surface area contributed by atoms with E-state index in [1.54, 1.807) is 0 Å². The summed E-state index contributed by atoms with van der Waals surface area (Å²) in [4.78, 5) is 0. The normalized spacial score (nSPS) is 13.8. The number of terminal acetylenes is 1. The molecule has 0 bridgehead atoms. The molecule has 0 unspecified atom stereocenters. The van der Waals surface area contributed by atoms with Crippen LogP contribution in [0.4, 0.5) is 43.9 Å². The monoisotopic (exact) mass is 372 g/mol. The van der Waals surface area contributed by atoms with E-state index in [1.807, 2.05) is 0 Å². The summed E-state index contributed by atoms with van der Waals surface area (Å²) in [5.74, 6) is 1.39. The van der Waals surface area contributed by atoms with E-state index in [0.29, 0.717) is 0 Å². The molecule has 0 spiro atoms. The van der Waals surface area contributed by atoms with Gasteiger partial charge in [0, 0.05) is 5.56 Å². The molecular weight excluding hydrogens is 370 g/mol. The quantitative estimate of drug-likeness (QED) is 0.443. The first kappa shape index (κ1) is 19.4. The minimum Gasteiger partial charge on any atom is -0.218 e. The second-order valence-corrected chi connectivity index (χ2v) is 4.58. The highest BCUT2D eigenvalue weighted by atomic mass is 35.5. The second-order valence-electron chi connectivity index (χ2n) is 4.18. The highest BCUT2D eigenvalue weighted by molar-refractivity contribution is 6.32. The predicted molar refractivity (Wildman–Crippen MR) is 59.3 cm³/mol. The topological polar surface area (TPSA) is 0 Å². The van der Waals surface area contributed by atoms with Gasteiger partial charge in [-0.25, -0.2) is 4.39 Å². The summed E-state index contributed by atoms with van der Waals surface area (Å²) < 4.78 is 127. The largest absolute Gasteiger partial charge is 0.435 e. The number of benzene rings is 1. The summed E-state index contributed by atoms with van der Waals surface area (Å²) in [7, 11) is 0. The molecule has 128 valence electrons. The minimum atomic E-state index is -6.57. The van der Waals surface area contributed by atoms with Gasteiger partial charge in [-0.05, 0) is 12.1 Å². The third-order valence-corrected chi connectivity index (χ3v) is 3.02. The van der Waals surface area contributed by atoms with Gasteiger partial charge in [-0.1, -0.05) is 17.5 Å². The van der Waals surface area contributed by atoms with E-state index in [1.165, 1.54) is 5.92 Å². The fraction of sp³-hybridized carbons (Fsp3) is 0.333.